The molecule has 3 aromatic rings. The van der Waals surface area contributed by atoms with Crippen molar-refractivity contribution in [1.82, 2.24) is 4.98 Å². The Morgan fingerprint density at radius 3 is 2.36 bits per heavy atom. The van der Waals surface area contributed by atoms with Gasteiger partial charge in [0, 0.05) is 10.8 Å². The third kappa shape index (κ3) is 3.37. The van der Waals surface area contributed by atoms with Gasteiger partial charge in [0.15, 0.2) is 0 Å². The van der Waals surface area contributed by atoms with Crippen LogP contribution in [0, 0.1) is 0 Å². The fourth-order valence-electron chi connectivity index (χ4n) is 2.24. The van der Waals surface area contributed by atoms with Gasteiger partial charge in [0.1, 0.15) is 5.60 Å². The number of pyridine rings is 1. The van der Waals surface area contributed by atoms with E-state index < -0.39 is 5.60 Å². The van der Waals surface area contributed by atoms with E-state index in [2.05, 4.69) is 11.1 Å². The Morgan fingerprint density at radius 2 is 1.64 bits per heavy atom. The fraction of sp³-hybridized carbons (Fsp3) is 0.222. The molecular weight excluding hydrogens is 298 g/mol. The molecule has 0 aliphatic carbocycles. The van der Waals surface area contributed by atoms with E-state index in [1.165, 1.54) is 0 Å². The van der Waals surface area contributed by atoms with E-state index in [1.807, 2.05) is 51.1 Å². The second-order valence-corrected chi connectivity index (χ2v) is 6.09. The second-order valence-electron chi connectivity index (χ2n) is 6.09. The minimum atomic E-state index is -0.497. The van der Waals surface area contributed by atoms with Crippen LogP contribution in [-0.2, 0) is 4.74 Å². The van der Waals surface area contributed by atoms with Crippen LogP contribution in [0.15, 0.2) is 48.5 Å². The van der Waals surface area contributed by atoms with Crippen LogP contribution in [0.5, 0.6) is 0 Å². The number of benzene rings is 2. The van der Waals surface area contributed by atoms with Crippen molar-refractivity contribution in [2.45, 2.75) is 26.4 Å². The number of carbonyl (C=O) groups excluding carboxylic acids is 1. The molecule has 0 aliphatic heterocycles. The van der Waals surface area contributed by atoms with Crippen molar-refractivity contribution in [2.75, 3.05) is 0 Å². The van der Waals surface area contributed by atoms with Crippen LogP contribution in [-0.4, -0.2) is 16.6 Å². The van der Waals surface area contributed by atoms with Crippen LogP contribution in [0.4, 0.5) is 0 Å². The lowest BCUT2D eigenvalue weighted by molar-refractivity contribution is 0.00697. The standard InChI is InChI=1S/C18H17NO2.ClH/c1-18(2,3)21-17(20)14-9-8-13-10-12-6-4-5-7-15(12)19-16(13)11-14;/h4-11H,1-3H3;1H. The molecule has 0 amide bonds. The number of carbonyl (C=O) groups is 1. The summed E-state index contributed by atoms with van der Waals surface area (Å²) in [4.78, 5) is 16.7. The van der Waals surface area contributed by atoms with Crippen LogP contribution in [0.1, 0.15) is 31.1 Å². The summed E-state index contributed by atoms with van der Waals surface area (Å²) >= 11 is 0. The molecule has 0 N–H and O–H groups in total. The van der Waals surface area contributed by atoms with Gasteiger partial charge in [0.05, 0.1) is 16.6 Å². The predicted octanol–water partition coefficient (Wildman–Crippen LogP) is 4.77. The maximum Gasteiger partial charge on any atom is 0.338 e. The van der Waals surface area contributed by atoms with E-state index in [1.54, 1.807) is 12.1 Å². The molecule has 0 aliphatic rings. The van der Waals surface area contributed by atoms with Crippen molar-refractivity contribution in [3.05, 3.63) is 54.1 Å². The molecule has 0 atom stereocenters. The zero-order valence-electron chi connectivity index (χ0n) is 12.8. The molecule has 22 heavy (non-hydrogen) atoms. The first-order valence-corrected chi connectivity index (χ1v) is 6.95. The Hall–Kier alpha value is -2.13. The van der Waals surface area contributed by atoms with Gasteiger partial charge in [-0.3, -0.25) is 0 Å². The monoisotopic (exact) mass is 315 g/mol. The first kappa shape index (κ1) is 16.2. The van der Waals surface area contributed by atoms with E-state index in [0.717, 1.165) is 21.8 Å². The van der Waals surface area contributed by atoms with Crippen molar-refractivity contribution >= 4 is 40.2 Å². The van der Waals surface area contributed by atoms with Crippen molar-refractivity contribution in [2.24, 2.45) is 0 Å². The third-order valence-corrected chi connectivity index (χ3v) is 3.15. The third-order valence-electron chi connectivity index (χ3n) is 3.15. The average molecular weight is 316 g/mol. The molecule has 0 bridgehead atoms. The van der Waals surface area contributed by atoms with Gasteiger partial charge in [0.25, 0.3) is 0 Å². The minimum Gasteiger partial charge on any atom is -0.456 e. The molecule has 0 saturated carbocycles. The molecule has 3 rings (SSSR count). The normalized spacial score (nSPS) is 11.2. The quantitative estimate of drug-likeness (QED) is 0.480. The van der Waals surface area contributed by atoms with Crippen molar-refractivity contribution in [3.8, 4) is 0 Å². The summed E-state index contributed by atoms with van der Waals surface area (Å²) in [6.07, 6.45) is 0. The Kier molecular flexibility index (Phi) is 4.38. The molecule has 0 fully saturated rings. The van der Waals surface area contributed by atoms with Gasteiger partial charge in [-0.15, -0.1) is 12.4 Å². The van der Waals surface area contributed by atoms with Gasteiger partial charge in [-0.05, 0) is 45.0 Å². The first-order valence-electron chi connectivity index (χ1n) is 6.95. The van der Waals surface area contributed by atoms with Gasteiger partial charge < -0.3 is 4.74 Å². The number of aromatic nitrogens is 1. The maximum absolute atomic E-state index is 12.1. The Labute approximate surface area is 135 Å². The van der Waals surface area contributed by atoms with E-state index in [9.17, 15) is 4.79 Å². The summed E-state index contributed by atoms with van der Waals surface area (Å²) in [5, 5.41) is 2.11. The fourth-order valence-corrected chi connectivity index (χ4v) is 2.24. The van der Waals surface area contributed by atoms with E-state index >= 15 is 0 Å². The molecule has 0 unspecified atom stereocenters. The highest BCUT2D eigenvalue weighted by molar-refractivity contribution is 5.98. The average Bonchev–Trinajstić information content (AvgIpc) is 2.42. The summed E-state index contributed by atoms with van der Waals surface area (Å²) in [6, 6.07) is 15.5. The zero-order chi connectivity index (χ0) is 15.0. The Balaban J connectivity index is 0.00000176. The van der Waals surface area contributed by atoms with Gasteiger partial charge in [-0.25, -0.2) is 9.78 Å². The molecule has 0 saturated heterocycles. The lowest BCUT2D eigenvalue weighted by atomic mass is 10.1. The Bertz CT molecular complexity index is 837. The van der Waals surface area contributed by atoms with Crippen molar-refractivity contribution in [1.29, 1.82) is 0 Å². The SMILES string of the molecule is CC(C)(C)OC(=O)c1ccc2cc3ccccc3nc2c1.Cl. The number of nitrogens with zero attached hydrogens (tertiary/aromatic N) is 1. The molecule has 4 heteroatoms. The van der Waals surface area contributed by atoms with Gasteiger partial charge in [-0.1, -0.05) is 24.3 Å². The Morgan fingerprint density at radius 1 is 0.955 bits per heavy atom. The largest absolute Gasteiger partial charge is 0.456 e. The van der Waals surface area contributed by atoms with Crippen LogP contribution in [0.25, 0.3) is 21.8 Å². The zero-order valence-corrected chi connectivity index (χ0v) is 13.6. The molecule has 2 aromatic carbocycles. The summed E-state index contributed by atoms with van der Waals surface area (Å²) in [5.41, 5.74) is 1.76. The summed E-state index contributed by atoms with van der Waals surface area (Å²) in [7, 11) is 0. The number of ether oxygens (including phenoxy) is 1. The summed E-state index contributed by atoms with van der Waals surface area (Å²) in [5.74, 6) is -0.320. The minimum absolute atomic E-state index is 0. The molecule has 3 nitrogen and oxygen atoms in total. The maximum atomic E-state index is 12.1. The molecule has 1 heterocycles. The van der Waals surface area contributed by atoms with Crippen LogP contribution in [0.2, 0.25) is 0 Å². The predicted molar refractivity (Wildman–Crippen MR) is 91.7 cm³/mol. The molecule has 114 valence electrons. The molecular formula is C18H18ClNO2. The number of fused-ring (bicyclic) bond motifs is 2. The van der Waals surface area contributed by atoms with Crippen LogP contribution in [0.3, 0.4) is 0 Å². The highest BCUT2D eigenvalue weighted by Gasteiger charge is 2.18. The number of esters is 1. The lowest BCUT2D eigenvalue weighted by Gasteiger charge is -2.19. The van der Waals surface area contributed by atoms with Gasteiger partial charge in [0.2, 0.25) is 0 Å². The van der Waals surface area contributed by atoms with Crippen LogP contribution < -0.4 is 0 Å². The highest BCUT2D eigenvalue weighted by Crippen LogP contribution is 2.21. The lowest BCUT2D eigenvalue weighted by Crippen LogP contribution is -2.23. The first-order chi connectivity index (χ1) is 9.92. The van der Waals surface area contributed by atoms with E-state index in [-0.39, 0.29) is 18.4 Å². The number of hydrogen-bond donors (Lipinski definition) is 0. The van der Waals surface area contributed by atoms with Gasteiger partial charge >= 0.3 is 5.97 Å². The number of hydrogen-bond acceptors (Lipinski definition) is 3. The highest BCUT2D eigenvalue weighted by atomic mass is 35.5. The van der Waals surface area contributed by atoms with Crippen molar-refractivity contribution in [3.63, 3.8) is 0 Å². The van der Waals surface area contributed by atoms with E-state index in [0.29, 0.717) is 5.56 Å². The smallest absolute Gasteiger partial charge is 0.338 e. The van der Waals surface area contributed by atoms with Crippen molar-refractivity contribution < 1.29 is 9.53 Å². The number of rotatable bonds is 1. The van der Waals surface area contributed by atoms with Crippen LogP contribution >= 0.6 is 12.4 Å². The number of halogens is 1. The topological polar surface area (TPSA) is 39.2 Å². The molecule has 0 radical (unpaired) electrons. The summed E-state index contributed by atoms with van der Waals surface area (Å²) < 4.78 is 5.39. The van der Waals surface area contributed by atoms with E-state index in [4.69, 9.17) is 4.74 Å². The molecule has 0 spiro atoms. The number of para-hydroxylation sites is 1. The van der Waals surface area contributed by atoms with Gasteiger partial charge in [-0.2, -0.15) is 0 Å². The molecule has 1 aromatic heterocycles. The second kappa shape index (κ2) is 5.93. The summed E-state index contributed by atoms with van der Waals surface area (Å²) in [6.45, 7) is 5.58.